The van der Waals surface area contributed by atoms with Crippen LogP contribution in [-0.4, -0.2) is 27.7 Å². The number of aromatic nitrogens is 2. The average Bonchev–Trinajstić information content (AvgIpc) is 3.19. The van der Waals surface area contributed by atoms with Crippen LogP contribution in [0, 0.1) is 5.92 Å². The van der Waals surface area contributed by atoms with Gasteiger partial charge >= 0.3 is 0 Å². The van der Waals surface area contributed by atoms with Crippen molar-refractivity contribution in [2.24, 2.45) is 5.92 Å². The van der Waals surface area contributed by atoms with Gasteiger partial charge in [0.1, 0.15) is 5.52 Å². The standard InChI is InChI=1S/C13H14BrN3O/c14-9-5-11-13(17-6-9)10(3-4-15-11)16-7-12(18)8-1-2-8/h3-6,8,12,18H,1-2,7H2,(H,15,16). The lowest BCUT2D eigenvalue weighted by atomic mass is 10.2. The first-order chi connectivity index (χ1) is 8.74. The Kier molecular flexibility index (Phi) is 3.18. The molecule has 3 rings (SSSR count). The summed E-state index contributed by atoms with van der Waals surface area (Å²) in [4.78, 5) is 8.65. The lowest BCUT2D eigenvalue weighted by Gasteiger charge is -2.12. The molecule has 2 N–H and O–H groups in total. The summed E-state index contributed by atoms with van der Waals surface area (Å²) in [5.41, 5.74) is 2.60. The predicted molar refractivity (Wildman–Crippen MR) is 74.5 cm³/mol. The summed E-state index contributed by atoms with van der Waals surface area (Å²) in [6.45, 7) is 0.571. The van der Waals surface area contributed by atoms with Crippen LogP contribution in [0.3, 0.4) is 0 Å². The molecule has 0 aromatic carbocycles. The number of halogens is 1. The summed E-state index contributed by atoms with van der Waals surface area (Å²) in [5.74, 6) is 0.479. The second-order valence-corrected chi connectivity index (χ2v) is 5.58. The summed E-state index contributed by atoms with van der Waals surface area (Å²) in [6, 6.07) is 3.83. The van der Waals surface area contributed by atoms with E-state index in [9.17, 15) is 5.11 Å². The highest BCUT2D eigenvalue weighted by Gasteiger charge is 2.29. The summed E-state index contributed by atoms with van der Waals surface area (Å²) < 4.78 is 0.915. The molecule has 0 aliphatic heterocycles. The second-order valence-electron chi connectivity index (χ2n) is 4.67. The van der Waals surface area contributed by atoms with Gasteiger partial charge in [0.05, 0.1) is 17.3 Å². The largest absolute Gasteiger partial charge is 0.391 e. The first-order valence-corrected chi connectivity index (χ1v) is 6.85. The highest BCUT2D eigenvalue weighted by Crippen LogP contribution is 2.32. The van der Waals surface area contributed by atoms with E-state index in [1.165, 1.54) is 0 Å². The molecular weight excluding hydrogens is 294 g/mol. The van der Waals surface area contributed by atoms with Gasteiger partial charge in [-0.3, -0.25) is 9.97 Å². The molecule has 1 fully saturated rings. The molecule has 1 atom stereocenters. The molecule has 0 spiro atoms. The molecule has 1 unspecified atom stereocenters. The van der Waals surface area contributed by atoms with Gasteiger partial charge in [0.2, 0.25) is 0 Å². The molecule has 0 saturated heterocycles. The molecule has 0 radical (unpaired) electrons. The summed E-state index contributed by atoms with van der Waals surface area (Å²) in [6.07, 6.45) is 5.54. The first kappa shape index (κ1) is 11.9. The maximum atomic E-state index is 9.86. The number of anilines is 1. The average molecular weight is 308 g/mol. The molecular formula is C13H14BrN3O. The Morgan fingerprint density at radius 3 is 3.06 bits per heavy atom. The number of nitrogens with zero attached hydrogens (tertiary/aromatic N) is 2. The molecule has 18 heavy (non-hydrogen) atoms. The minimum atomic E-state index is -0.260. The zero-order valence-corrected chi connectivity index (χ0v) is 11.4. The molecule has 94 valence electrons. The van der Waals surface area contributed by atoms with Crippen LogP contribution in [0.4, 0.5) is 5.69 Å². The van der Waals surface area contributed by atoms with E-state index in [1.807, 2.05) is 12.1 Å². The smallest absolute Gasteiger partial charge is 0.112 e. The van der Waals surface area contributed by atoms with Crippen LogP contribution in [0.25, 0.3) is 11.0 Å². The lowest BCUT2D eigenvalue weighted by Crippen LogP contribution is -2.21. The number of aliphatic hydroxyl groups is 1. The molecule has 4 nitrogen and oxygen atoms in total. The van der Waals surface area contributed by atoms with Crippen LogP contribution in [0.5, 0.6) is 0 Å². The maximum Gasteiger partial charge on any atom is 0.112 e. The van der Waals surface area contributed by atoms with Gasteiger partial charge in [0.15, 0.2) is 0 Å². The Morgan fingerprint density at radius 1 is 1.44 bits per heavy atom. The molecule has 0 amide bonds. The quantitative estimate of drug-likeness (QED) is 0.911. The Labute approximate surface area is 114 Å². The monoisotopic (exact) mass is 307 g/mol. The van der Waals surface area contributed by atoms with Gasteiger partial charge in [0.25, 0.3) is 0 Å². The van der Waals surface area contributed by atoms with Crippen LogP contribution < -0.4 is 5.32 Å². The highest BCUT2D eigenvalue weighted by atomic mass is 79.9. The van der Waals surface area contributed by atoms with Crippen molar-refractivity contribution in [1.29, 1.82) is 0 Å². The summed E-state index contributed by atoms with van der Waals surface area (Å²) >= 11 is 3.38. The normalized spacial score (nSPS) is 16.8. The highest BCUT2D eigenvalue weighted by molar-refractivity contribution is 9.10. The molecule has 1 saturated carbocycles. The number of aliphatic hydroxyl groups excluding tert-OH is 1. The Balaban J connectivity index is 1.82. The van der Waals surface area contributed by atoms with Gasteiger partial charge in [-0.25, -0.2) is 0 Å². The van der Waals surface area contributed by atoms with Crippen LogP contribution in [0.15, 0.2) is 29.0 Å². The summed E-state index contributed by atoms with van der Waals surface area (Å²) in [7, 11) is 0. The maximum absolute atomic E-state index is 9.86. The third-order valence-electron chi connectivity index (χ3n) is 3.21. The third-order valence-corrected chi connectivity index (χ3v) is 3.65. The van der Waals surface area contributed by atoms with E-state index in [1.54, 1.807) is 12.4 Å². The van der Waals surface area contributed by atoms with E-state index in [0.29, 0.717) is 12.5 Å². The fourth-order valence-corrected chi connectivity index (χ4v) is 2.33. The van der Waals surface area contributed by atoms with Gasteiger partial charge in [0, 0.05) is 23.4 Å². The van der Waals surface area contributed by atoms with E-state index < -0.39 is 0 Å². The number of rotatable bonds is 4. The van der Waals surface area contributed by atoms with Crippen molar-refractivity contribution < 1.29 is 5.11 Å². The molecule has 0 bridgehead atoms. The zero-order chi connectivity index (χ0) is 12.5. The molecule has 2 aromatic heterocycles. The Hall–Kier alpha value is -1.20. The molecule has 2 aromatic rings. The van der Waals surface area contributed by atoms with Crippen LogP contribution in [-0.2, 0) is 0 Å². The molecule has 2 heterocycles. The zero-order valence-electron chi connectivity index (χ0n) is 9.81. The van der Waals surface area contributed by atoms with Crippen LogP contribution >= 0.6 is 15.9 Å². The van der Waals surface area contributed by atoms with Crippen molar-refractivity contribution in [2.45, 2.75) is 18.9 Å². The van der Waals surface area contributed by atoms with Crippen molar-refractivity contribution in [2.75, 3.05) is 11.9 Å². The fraction of sp³-hybridized carbons (Fsp3) is 0.385. The Morgan fingerprint density at radius 2 is 2.28 bits per heavy atom. The Bertz CT molecular complexity index is 571. The molecule has 1 aliphatic rings. The number of hydrogen-bond donors (Lipinski definition) is 2. The number of hydrogen-bond acceptors (Lipinski definition) is 4. The topological polar surface area (TPSA) is 58.0 Å². The van der Waals surface area contributed by atoms with Gasteiger partial charge in [-0.05, 0) is 46.8 Å². The van der Waals surface area contributed by atoms with E-state index in [0.717, 1.165) is 34.0 Å². The minimum Gasteiger partial charge on any atom is -0.391 e. The second kappa shape index (κ2) is 4.82. The third kappa shape index (κ3) is 2.47. The van der Waals surface area contributed by atoms with Crippen molar-refractivity contribution in [3.63, 3.8) is 0 Å². The number of nitrogens with one attached hydrogen (secondary N) is 1. The van der Waals surface area contributed by atoms with Gasteiger partial charge in [-0.2, -0.15) is 0 Å². The number of fused-ring (bicyclic) bond motifs is 1. The van der Waals surface area contributed by atoms with Crippen molar-refractivity contribution in [1.82, 2.24) is 9.97 Å². The van der Waals surface area contributed by atoms with Crippen molar-refractivity contribution in [3.05, 3.63) is 29.0 Å². The van der Waals surface area contributed by atoms with Crippen LogP contribution in [0.2, 0.25) is 0 Å². The van der Waals surface area contributed by atoms with E-state index in [-0.39, 0.29) is 6.10 Å². The lowest BCUT2D eigenvalue weighted by molar-refractivity contribution is 0.164. The number of pyridine rings is 2. The first-order valence-electron chi connectivity index (χ1n) is 6.06. The molecule has 5 heteroatoms. The van der Waals surface area contributed by atoms with E-state index in [2.05, 4.69) is 31.2 Å². The fourth-order valence-electron chi connectivity index (χ4n) is 2.01. The van der Waals surface area contributed by atoms with Crippen molar-refractivity contribution in [3.8, 4) is 0 Å². The molecule has 1 aliphatic carbocycles. The van der Waals surface area contributed by atoms with Gasteiger partial charge in [-0.1, -0.05) is 0 Å². The van der Waals surface area contributed by atoms with E-state index >= 15 is 0 Å². The van der Waals surface area contributed by atoms with Gasteiger partial charge < -0.3 is 10.4 Å². The van der Waals surface area contributed by atoms with Gasteiger partial charge in [-0.15, -0.1) is 0 Å². The van der Waals surface area contributed by atoms with Crippen molar-refractivity contribution >= 4 is 32.7 Å². The summed E-state index contributed by atoms with van der Waals surface area (Å²) in [5, 5.41) is 13.1. The SMILES string of the molecule is OC(CNc1ccnc2cc(Br)cnc12)C1CC1. The van der Waals surface area contributed by atoms with E-state index in [4.69, 9.17) is 0 Å². The predicted octanol–water partition coefficient (Wildman–Crippen LogP) is 2.58. The van der Waals surface area contributed by atoms with Crippen LogP contribution in [0.1, 0.15) is 12.8 Å². The minimum absolute atomic E-state index is 0.260.